The van der Waals surface area contributed by atoms with E-state index in [2.05, 4.69) is 14.9 Å². The van der Waals surface area contributed by atoms with Crippen LogP contribution in [0.1, 0.15) is 5.69 Å². The molecule has 0 spiro atoms. The van der Waals surface area contributed by atoms with E-state index in [1.54, 1.807) is 38.2 Å². The molecule has 2 aromatic heterocycles. The molecule has 10 heteroatoms. The van der Waals surface area contributed by atoms with Crippen LogP contribution >= 0.6 is 11.6 Å². The number of hydrogen-bond donors (Lipinski definition) is 1. The van der Waals surface area contributed by atoms with Crippen molar-refractivity contribution >= 4 is 27.3 Å². The predicted molar refractivity (Wildman–Crippen MR) is 93.1 cm³/mol. The highest BCUT2D eigenvalue weighted by molar-refractivity contribution is 7.92. The van der Waals surface area contributed by atoms with Crippen LogP contribution in [0, 0.1) is 6.92 Å². The third-order valence-corrected chi connectivity index (χ3v) is 5.24. The van der Waals surface area contributed by atoms with Crippen LogP contribution in [0.5, 0.6) is 5.75 Å². The minimum absolute atomic E-state index is 0.119. The van der Waals surface area contributed by atoms with Crippen molar-refractivity contribution in [3.8, 4) is 5.75 Å². The normalized spacial score (nSPS) is 11.5. The fourth-order valence-electron chi connectivity index (χ4n) is 2.14. The monoisotopic (exact) mass is 381 g/mol. The van der Waals surface area contributed by atoms with Crippen LogP contribution in [0.3, 0.4) is 0 Å². The van der Waals surface area contributed by atoms with E-state index >= 15 is 0 Å². The Morgan fingerprint density at radius 2 is 2.08 bits per heavy atom. The second-order valence-electron chi connectivity index (χ2n) is 5.32. The van der Waals surface area contributed by atoms with Crippen molar-refractivity contribution < 1.29 is 13.2 Å². The molecule has 3 rings (SSSR count). The fourth-order valence-corrected chi connectivity index (χ4v) is 3.55. The molecule has 3 aromatic rings. The van der Waals surface area contributed by atoms with Gasteiger partial charge >= 0.3 is 0 Å². The van der Waals surface area contributed by atoms with Crippen LogP contribution in [0.25, 0.3) is 0 Å². The van der Waals surface area contributed by atoms with E-state index in [4.69, 9.17) is 16.3 Å². The second kappa shape index (κ2) is 6.77. The van der Waals surface area contributed by atoms with Gasteiger partial charge in [-0.15, -0.1) is 0 Å². The third kappa shape index (κ3) is 3.94. The number of rotatable bonds is 6. The number of aryl methyl sites for hydroxylation is 1. The van der Waals surface area contributed by atoms with Gasteiger partial charge in [0, 0.05) is 12.1 Å². The van der Waals surface area contributed by atoms with Crippen molar-refractivity contribution in [3.63, 3.8) is 0 Å². The molecule has 0 radical (unpaired) electrons. The first kappa shape index (κ1) is 17.3. The molecule has 0 amide bonds. The van der Waals surface area contributed by atoms with E-state index < -0.39 is 10.0 Å². The molecule has 25 heavy (non-hydrogen) atoms. The largest absolute Gasteiger partial charge is 0.471 e. The van der Waals surface area contributed by atoms with E-state index in [9.17, 15) is 8.42 Å². The lowest BCUT2D eigenvalue weighted by atomic mass is 10.3. The summed E-state index contributed by atoms with van der Waals surface area (Å²) in [6.07, 6.45) is 4.25. The summed E-state index contributed by atoms with van der Waals surface area (Å²) < 4.78 is 35.8. The Labute approximate surface area is 150 Å². The first-order valence-corrected chi connectivity index (χ1v) is 9.13. The van der Waals surface area contributed by atoms with Gasteiger partial charge in [-0.3, -0.25) is 9.40 Å². The molecule has 0 bridgehead atoms. The van der Waals surface area contributed by atoms with Crippen LogP contribution in [0.4, 0.5) is 5.69 Å². The van der Waals surface area contributed by atoms with Crippen molar-refractivity contribution in [2.75, 3.05) is 4.72 Å². The van der Waals surface area contributed by atoms with E-state index in [1.807, 2.05) is 0 Å². The molecule has 0 aliphatic carbocycles. The summed E-state index contributed by atoms with van der Waals surface area (Å²) in [7, 11) is -2.05. The van der Waals surface area contributed by atoms with Crippen molar-refractivity contribution in [1.82, 2.24) is 19.6 Å². The van der Waals surface area contributed by atoms with E-state index in [1.165, 1.54) is 28.0 Å². The summed E-state index contributed by atoms with van der Waals surface area (Å²) in [4.78, 5) is 0.123. The Balaban J connectivity index is 1.68. The molecule has 0 atom stereocenters. The summed E-state index contributed by atoms with van der Waals surface area (Å²) >= 11 is 5.89. The molecule has 0 unspecified atom stereocenters. The Bertz CT molecular complexity index is 996. The maximum Gasteiger partial charge on any atom is 0.265 e. The zero-order chi connectivity index (χ0) is 18.0. The highest BCUT2D eigenvalue weighted by Crippen LogP contribution is 2.19. The van der Waals surface area contributed by atoms with Gasteiger partial charge in [0.15, 0.2) is 6.73 Å². The number of nitrogens with zero attached hydrogens (tertiary/aromatic N) is 4. The third-order valence-electron chi connectivity index (χ3n) is 3.52. The fraction of sp³-hybridized carbons (Fsp3) is 0.200. The van der Waals surface area contributed by atoms with Crippen molar-refractivity contribution in [2.24, 2.45) is 7.05 Å². The van der Waals surface area contributed by atoms with Gasteiger partial charge in [-0.1, -0.05) is 17.7 Å². The first-order valence-electron chi connectivity index (χ1n) is 7.27. The van der Waals surface area contributed by atoms with Crippen molar-refractivity contribution in [3.05, 3.63) is 53.6 Å². The lowest BCUT2D eigenvalue weighted by molar-refractivity contribution is 0.221. The SMILES string of the molecule is Cc1c(S(=O)(=O)Nc2cnn(COc3cccc(Cl)c3)c2)cnn1C. The molecular formula is C15H16ClN5O3S. The lowest BCUT2D eigenvalue weighted by Crippen LogP contribution is -2.13. The Morgan fingerprint density at radius 3 is 2.76 bits per heavy atom. The number of ether oxygens (including phenoxy) is 1. The van der Waals surface area contributed by atoms with E-state index in [0.29, 0.717) is 22.2 Å². The molecule has 0 aliphatic heterocycles. The molecular weight excluding hydrogens is 366 g/mol. The van der Waals surface area contributed by atoms with Gasteiger partial charge in [0.05, 0.1) is 30.0 Å². The number of aromatic nitrogens is 4. The first-order chi connectivity index (χ1) is 11.8. The molecule has 8 nitrogen and oxygen atoms in total. The Hall–Kier alpha value is -2.52. The second-order valence-corrected chi connectivity index (χ2v) is 7.41. The van der Waals surface area contributed by atoms with Gasteiger partial charge < -0.3 is 4.74 Å². The predicted octanol–water partition coefficient (Wildman–Crippen LogP) is 2.42. The van der Waals surface area contributed by atoms with Crippen LogP contribution in [-0.2, 0) is 23.8 Å². The molecule has 0 saturated heterocycles. The van der Waals surface area contributed by atoms with Crippen LogP contribution in [0.15, 0.2) is 47.8 Å². The smallest absolute Gasteiger partial charge is 0.265 e. The number of benzene rings is 1. The van der Waals surface area contributed by atoms with Crippen molar-refractivity contribution in [1.29, 1.82) is 0 Å². The molecule has 0 saturated carbocycles. The number of anilines is 1. The van der Waals surface area contributed by atoms with Gasteiger partial charge in [-0.25, -0.2) is 13.1 Å². The van der Waals surface area contributed by atoms with Gasteiger partial charge in [-0.05, 0) is 25.1 Å². The number of sulfonamides is 1. The highest BCUT2D eigenvalue weighted by atomic mass is 35.5. The zero-order valence-electron chi connectivity index (χ0n) is 13.5. The van der Waals surface area contributed by atoms with Gasteiger partial charge in [0.1, 0.15) is 10.6 Å². The number of nitrogens with one attached hydrogen (secondary N) is 1. The summed E-state index contributed by atoms with van der Waals surface area (Å²) in [5, 5.41) is 8.58. The standard InChI is InChI=1S/C15H16ClN5O3S/c1-11-15(8-17-20(11)2)25(22,23)19-13-7-18-21(9-13)10-24-14-5-3-4-12(16)6-14/h3-9,19H,10H2,1-2H3. The summed E-state index contributed by atoms with van der Waals surface area (Å²) in [6, 6.07) is 6.97. The van der Waals surface area contributed by atoms with Gasteiger partial charge in [0.2, 0.25) is 0 Å². The number of hydrogen-bond acceptors (Lipinski definition) is 5. The topological polar surface area (TPSA) is 91.0 Å². The maximum absolute atomic E-state index is 12.4. The number of halogens is 1. The maximum atomic E-state index is 12.4. The van der Waals surface area contributed by atoms with E-state index in [-0.39, 0.29) is 11.6 Å². The average molecular weight is 382 g/mol. The molecule has 2 heterocycles. The molecule has 0 aliphatic rings. The summed E-state index contributed by atoms with van der Waals surface area (Å²) in [6.45, 7) is 1.80. The summed E-state index contributed by atoms with van der Waals surface area (Å²) in [5.74, 6) is 0.594. The molecule has 0 fully saturated rings. The van der Waals surface area contributed by atoms with Crippen molar-refractivity contribution in [2.45, 2.75) is 18.6 Å². The van der Waals surface area contributed by atoms with Crippen LogP contribution in [0.2, 0.25) is 5.02 Å². The highest BCUT2D eigenvalue weighted by Gasteiger charge is 2.20. The minimum atomic E-state index is -3.73. The Kier molecular flexibility index (Phi) is 4.69. The lowest BCUT2D eigenvalue weighted by Gasteiger charge is -2.06. The molecule has 132 valence electrons. The zero-order valence-corrected chi connectivity index (χ0v) is 15.1. The average Bonchev–Trinajstić information content (AvgIpc) is 3.12. The van der Waals surface area contributed by atoms with E-state index in [0.717, 1.165) is 0 Å². The van der Waals surface area contributed by atoms with Crippen LogP contribution in [-0.4, -0.2) is 28.0 Å². The molecule has 1 N–H and O–H groups in total. The van der Waals surface area contributed by atoms with Gasteiger partial charge in [0.25, 0.3) is 10.0 Å². The minimum Gasteiger partial charge on any atom is -0.471 e. The molecule has 1 aromatic carbocycles. The van der Waals surface area contributed by atoms with Crippen LogP contribution < -0.4 is 9.46 Å². The quantitative estimate of drug-likeness (QED) is 0.708. The summed E-state index contributed by atoms with van der Waals surface area (Å²) in [5.41, 5.74) is 0.877. The Morgan fingerprint density at radius 1 is 1.28 bits per heavy atom. The van der Waals surface area contributed by atoms with Gasteiger partial charge in [-0.2, -0.15) is 10.2 Å².